The third kappa shape index (κ3) is 2.80. The average Bonchev–Trinajstić information content (AvgIpc) is 2.37. The molecule has 1 heterocycles. The highest BCUT2D eigenvalue weighted by molar-refractivity contribution is 5.97. The van der Waals surface area contributed by atoms with E-state index in [0.717, 1.165) is 30.0 Å². The minimum atomic E-state index is -0.424. The number of carbonyl (C=O) groups excluding carboxylic acids is 1. The predicted molar refractivity (Wildman–Crippen MR) is 70.6 cm³/mol. The summed E-state index contributed by atoms with van der Waals surface area (Å²) in [5.74, 6) is 0.636. The van der Waals surface area contributed by atoms with E-state index in [0.29, 0.717) is 6.67 Å². The summed E-state index contributed by atoms with van der Waals surface area (Å²) in [5.41, 5.74) is 7.44. The molecule has 0 aliphatic carbocycles. The van der Waals surface area contributed by atoms with Gasteiger partial charge in [-0.05, 0) is 38.1 Å². The zero-order valence-corrected chi connectivity index (χ0v) is 10.8. The molecule has 5 nitrogen and oxygen atoms in total. The summed E-state index contributed by atoms with van der Waals surface area (Å²) in [6.45, 7) is 3.17. The highest BCUT2D eigenvalue weighted by atomic mass is 16.5. The van der Waals surface area contributed by atoms with Gasteiger partial charge < -0.3 is 15.8 Å². The molecule has 1 aliphatic heterocycles. The normalized spacial score (nSPS) is 18.2. The molecule has 1 aliphatic rings. The molecule has 0 bridgehead atoms. The van der Waals surface area contributed by atoms with Gasteiger partial charge in [-0.15, -0.1) is 0 Å². The van der Waals surface area contributed by atoms with E-state index < -0.39 is 6.10 Å². The maximum absolute atomic E-state index is 11.5. The SMILES string of the molecule is CC1Oc2ccc(CCN(C)CN)cc2NC1=O. The van der Waals surface area contributed by atoms with Crippen LogP contribution in [0.5, 0.6) is 5.75 Å². The summed E-state index contributed by atoms with van der Waals surface area (Å²) in [4.78, 5) is 13.6. The van der Waals surface area contributed by atoms with Crippen LogP contribution < -0.4 is 15.8 Å². The third-order valence-electron chi connectivity index (χ3n) is 3.07. The highest BCUT2D eigenvalue weighted by Crippen LogP contribution is 2.30. The Bertz CT molecular complexity index is 448. The van der Waals surface area contributed by atoms with Gasteiger partial charge >= 0.3 is 0 Å². The number of nitrogens with zero attached hydrogens (tertiary/aromatic N) is 1. The molecule has 1 aromatic carbocycles. The second-order valence-corrected chi connectivity index (χ2v) is 4.59. The van der Waals surface area contributed by atoms with Crippen LogP contribution in [-0.2, 0) is 11.2 Å². The Morgan fingerprint density at radius 1 is 1.50 bits per heavy atom. The van der Waals surface area contributed by atoms with E-state index in [1.165, 1.54) is 0 Å². The van der Waals surface area contributed by atoms with Gasteiger partial charge in [0.15, 0.2) is 6.10 Å². The summed E-state index contributed by atoms with van der Waals surface area (Å²) in [7, 11) is 1.98. The minimum Gasteiger partial charge on any atom is -0.479 e. The fourth-order valence-corrected chi connectivity index (χ4v) is 1.82. The lowest BCUT2D eigenvalue weighted by atomic mass is 10.1. The van der Waals surface area contributed by atoms with Gasteiger partial charge in [0.25, 0.3) is 5.91 Å². The summed E-state index contributed by atoms with van der Waals surface area (Å²) in [6.07, 6.45) is 0.471. The molecule has 0 spiro atoms. The van der Waals surface area contributed by atoms with Crippen molar-refractivity contribution in [2.24, 2.45) is 5.73 Å². The summed E-state index contributed by atoms with van der Waals surface area (Å²) in [6, 6.07) is 5.89. The summed E-state index contributed by atoms with van der Waals surface area (Å²) >= 11 is 0. The summed E-state index contributed by atoms with van der Waals surface area (Å²) < 4.78 is 5.50. The van der Waals surface area contributed by atoms with Gasteiger partial charge in [0.1, 0.15) is 5.75 Å². The van der Waals surface area contributed by atoms with Crippen molar-refractivity contribution >= 4 is 11.6 Å². The van der Waals surface area contributed by atoms with E-state index in [4.69, 9.17) is 10.5 Å². The van der Waals surface area contributed by atoms with Gasteiger partial charge in [-0.1, -0.05) is 6.07 Å². The van der Waals surface area contributed by atoms with Crippen LogP contribution in [0.3, 0.4) is 0 Å². The molecule has 98 valence electrons. The Morgan fingerprint density at radius 2 is 2.28 bits per heavy atom. The molecule has 1 aromatic rings. The van der Waals surface area contributed by atoms with Crippen molar-refractivity contribution in [2.45, 2.75) is 19.4 Å². The Morgan fingerprint density at radius 3 is 3.00 bits per heavy atom. The number of carbonyl (C=O) groups is 1. The Hall–Kier alpha value is -1.59. The number of fused-ring (bicyclic) bond motifs is 1. The first-order valence-corrected chi connectivity index (χ1v) is 6.09. The number of anilines is 1. The smallest absolute Gasteiger partial charge is 0.265 e. The standard InChI is InChI=1S/C13H19N3O2/c1-9-13(17)15-11-7-10(3-4-12(11)18-9)5-6-16(2)8-14/h3-4,7,9H,5-6,8,14H2,1-2H3,(H,15,17). The van der Waals surface area contributed by atoms with Crippen LogP contribution in [0.25, 0.3) is 0 Å². The molecule has 0 radical (unpaired) electrons. The quantitative estimate of drug-likeness (QED) is 0.774. The van der Waals surface area contributed by atoms with E-state index in [1.54, 1.807) is 6.92 Å². The number of amides is 1. The molecule has 0 fully saturated rings. The fourth-order valence-electron chi connectivity index (χ4n) is 1.82. The molecule has 0 saturated heterocycles. The number of likely N-dealkylation sites (N-methyl/N-ethyl adjacent to an activating group) is 1. The molecule has 0 saturated carbocycles. The van der Waals surface area contributed by atoms with Crippen LogP contribution in [0.4, 0.5) is 5.69 Å². The zero-order chi connectivity index (χ0) is 13.1. The fraction of sp³-hybridized carbons (Fsp3) is 0.462. The molecular weight excluding hydrogens is 230 g/mol. The number of nitrogens with two attached hydrogens (primary N) is 1. The van der Waals surface area contributed by atoms with E-state index in [9.17, 15) is 4.79 Å². The van der Waals surface area contributed by atoms with Gasteiger partial charge in [-0.3, -0.25) is 9.69 Å². The number of nitrogens with one attached hydrogen (secondary N) is 1. The van der Waals surface area contributed by atoms with Crippen molar-refractivity contribution in [3.8, 4) is 5.75 Å². The Labute approximate surface area is 107 Å². The van der Waals surface area contributed by atoms with Crippen molar-refractivity contribution in [3.05, 3.63) is 23.8 Å². The Balaban J connectivity index is 2.08. The van der Waals surface area contributed by atoms with Gasteiger partial charge in [-0.2, -0.15) is 0 Å². The largest absolute Gasteiger partial charge is 0.479 e. The molecule has 1 unspecified atom stereocenters. The van der Waals surface area contributed by atoms with Crippen LogP contribution in [0.2, 0.25) is 0 Å². The first-order valence-electron chi connectivity index (χ1n) is 6.09. The molecule has 5 heteroatoms. The molecule has 1 amide bonds. The van der Waals surface area contributed by atoms with Crippen molar-refractivity contribution in [3.63, 3.8) is 0 Å². The van der Waals surface area contributed by atoms with Gasteiger partial charge in [0.05, 0.1) is 5.69 Å². The number of hydrogen-bond acceptors (Lipinski definition) is 4. The van der Waals surface area contributed by atoms with E-state index >= 15 is 0 Å². The molecular formula is C13H19N3O2. The lowest BCUT2D eigenvalue weighted by molar-refractivity contribution is -0.122. The van der Waals surface area contributed by atoms with E-state index in [-0.39, 0.29) is 5.91 Å². The molecule has 3 N–H and O–H groups in total. The van der Waals surface area contributed by atoms with E-state index in [2.05, 4.69) is 5.32 Å². The number of ether oxygens (including phenoxy) is 1. The molecule has 1 atom stereocenters. The third-order valence-corrected chi connectivity index (χ3v) is 3.07. The first-order chi connectivity index (χ1) is 8.60. The lowest BCUT2D eigenvalue weighted by Crippen LogP contribution is -2.34. The topological polar surface area (TPSA) is 67.6 Å². The van der Waals surface area contributed by atoms with Gasteiger partial charge in [0, 0.05) is 13.2 Å². The maximum atomic E-state index is 11.5. The molecule has 18 heavy (non-hydrogen) atoms. The summed E-state index contributed by atoms with van der Waals surface area (Å²) in [5, 5.41) is 2.85. The van der Waals surface area contributed by atoms with Crippen molar-refractivity contribution in [1.29, 1.82) is 0 Å². The van der Waals surface area contributed by atoms with Crippen LogP contribution >= 0.6 is 0 Å². The zero-order valence-electron chi connectivity index (χ0n) is 10.8. The maximum Gasteiger partial charge on any atom is 0.265 e. The average molecular weight is 249 g/mol. The van der Waals surface area contributed by atoms with Gasteiger partial charge in [-0.25, -0.2) is 0 Å². The van der Waals surface area contributed by atoms with Crippen LogP contribution in [0.15, 0.2) is 18.2 Å². The molecule has 0 aromatic heterocycles. The first kappa shape index (κ1) is 12.9. The van der Waals surface area contributed by atoms with Gasteiger partial charge in [0.2, 0.25) is 0 Å². The molecule has 2 rings (SSSR count). The van der Waals surface area contributed by atoms with Crippen LogP contribution in [0.1, 0.15) is 12.5 Å². The lowest BCUT2D eigenvalue weighted by Gasteiger charge is -2.24. The Kier molecular flexibility index (Phi) is 3.84. The highest BCUT2D eigenvalue weighted by Gasteiger charge is 2.23. The number of rotatable bonds is 4. The van der Waals surface area contributed by atoms with Crippen LogP contribution in [-0.4, -0.2) is 37.2 Å². The van der Waals surface area contributed by atoms with Crippen LogP contribution in [0, 0.1) is 0 Å². The van der Waals surface area contributed by atoms with Crippen molar-refractivity contribution in [1.82, 2.24) is 4.90 Å². The van der Waals surface area contributed by atoms with E-state index in [1.807, 2.05) is 30.1 Å². The second kappa shape index (κ2) is 5.37. The predicted octanol–water partition coefficient (Wildman–Crippen LogP) is 0.796. The van der Waals surface area contributed by atoms with Crippen molar-refractivity contribution in [2.75, 3.05) is 25.6 Å². The monoisotopic (exact) mass is 249 g/mol. The number of benzene rings is 1. The minimum absolute atomic E-state index is 0.0984. The second-order valence-electron chi connectivity index (χ2n) is 4.59. The number of hydrogen-bond donors (Lipinski definition) is 2. The van der Waals surface area contributed by atoms with Crippen molar-refractivity contribution < 1.29 is 9.53 Å².